The van der Waals surface area contributed by atoms with Gasteiger partial charge in [-0.3, -0.25) is 14.5 Å². The number of ketones is 1. The summed E-state index contributed by atoms with van der Waals surface area (Å²) in [6, 6.07) is 15.9. The van der Waals surface area contributed by atoms with Crippen LogP contribution in [0.1, 0.15) is 36.8 Å². The number of thiophene rings is 1. The van der Waals surface area contributed by atoms with E-state index in [0.717, 1.165) is 11.1 Å². The first-order chi connectivity index (χ1) is 16.8. The summed E-state index contributed by atoms with van der Waals surface area (Å²) in [5.74, 6) is -0.935. The van der Waals surface area contributed by atoms with Crippen LogP contribution in [0.5, 0.6) is 5.75 Å². The Morgan fingerprint density at radius 2 is 1.83 bits per heavy atom. The number of aryl methyl sites for hydroxylation is 1. The lowest BCUT2D eigenvalue weighted by atomic mass is 9.91. The number of ether oxygens (including phenoxy) is 1. The van der Waals surface area contributed by atoms with Gasteiger partial charge in [0.2, 0.25) is 0 Å². The summed E-state index contributed by atoms with van der Waals surface area (Å²) in [5.41, 5.74) is 3.32. The van der Waals surface area contributed by atoms with Crippen molar-refractivity contribution in [2.24, 2.45) is 5.92 Å². The van der Waals surface area contributed by atoms with Crippen molar-refractivity contribution in [2.45, 2.75) is 33.2 Å². The number of amides is 1. The van der Waals surface area contributed by atoms with Gasteiger partial charge >= 0.3 is 0 Å². The standard InChI is InChI=1S/C28H29NO5S/c1-17(2)14-23(31)25-26(22-6-4-5-7-24(22)34-13-12-30)29(28(33)27(25)32)21-10-8-19(9-11-21)20-15-18(3)35-16-20/h4-11,15-17,26,30,32H,12-14H2,1-3H3. The molecule has 0 spiro atoms. The molecule has 0 saturated carbocycles. The van der Waals surface area contributed by atoms with E-state index < -0.39 is 17.7 Å². The minimum Gasteiger partial charge on any atom is -0.503 e. The highest BCUT2D eigenvalue weighted by atomic mass is 32.1. The van der Waals surface area contributed by atoms with E-state index in [1.54, 1.807) is 35.6 Å². The van der Waals surface area contributed by atoms with E-state index in [-0.39, 0.29) is 36.9 Å². The molecule has 1 unspecified atom stereocenters. The molecule has 7 heteroatoms. The van der Waals surface area contributed by atoms with Crippen LogP contribution in [0.2, 0.25) is 0 Å². The molecule has 1 atom stereocenters. The van der Waals surface area contributed by atoms with Crippen molar-refractivity contribution in [1.29, 1.82) is 0 Å². The van der Waals surface area contributed by atoms with Gasteiger partial charge in [0.05, 0.1) is 18.2 Å². The Morgan fingerprint density at radius 3 is 2.46 bits per heavy atom. The van der Waals surface area contributed by atoms with E-state index in [1.807, 2.05) is 38.1 Å². The normalized spacial score (nSPS) is 15.9. The van der Waals surface area contributed by atoms with Crippen LogP contribution in [0.3, 0.4) is 0 Å². The number of para-hydroxylation sites is 1. The molecular formula is C28H29NO5S. The Balaban J connectivity index is 1.80. The van der Waals surface area contributed by atoms with Crippen molar-refractivity contribution in [3.8, 4) is 16.9 Å². The highest BCUT2D eigenvalue weighted by Gasteiger charge is 2.45. The summed E-state index contributed by atoms with van der Waals surface area (Å²) in [7, 11) is 0. The van der Waals surface area contributed by atoms with Crippen LogP contribution in [-0.4, -0.2) is 35.1 Å². The molecule has 35 heavy (non-hydrogen) atoms. The molecule has 1 aliphatic heterocycles. The molecule has 3 aromatic rings. The summed E-state index contributed by atoms with van der Waals surface area (Å²) in [6.45, 7) is 5.78. The van der Waals surface area contributed by atoms with E-state index in [2.05, 4.69) is 18.4 Å². The number of carbonyl (C=O) groups is 2. The Labute approximate surface area is 209 Å². The van der Waals surface area contributed by atoms with Crippen LogP contribution >= 0.6 is 11.3 Å². The van der Waals surface area contributed by atoms with Gasteiger partial charge in [-0.05, 0) is 53.6 Å². The molecular weight excluding hydrogens is 462 g/mol. The first-order valence-electron chi connectivity index (χ1n) is 11.6. The maximum absolute atomic E-state index is 13.4. The molecule has 2 aromatic carbocycles. The number of anilines is 1. The quantitative estimate of drug-likeness (QED) is 0.406. The van der Waals surface area contributed by atoms with E-state index in [9.17, 15) is 19.8 Å². The number of Topliss-reactive ketones (excluding diaryl/α,β-unsaturated/α-hetero) is 1. The maximum Gasteiger partial charge on any atom is 0.294 e. The number of aliphatic hydroxyl groups excluding tert-OH is 2. The Hall–Kier alpha value is -3.42. The van der Waals surface area contributed by atoms with Gasteiger partial charge in [0.1, 0.15) is 12.4 Å². The van der Waals surface area contributed by atoms with Gasteiger partial charge in [-0.25, -0.2) is 0 Å². The molecule has 1 amide bonds. The van der Waals surface area contributed by atoms with Gasteiger partial charge in [0.25, 0.3) is 5.91 Å². The lowest BCUT2D eigenvalue weighted by Gasteiger charge is -2.28. The molecule has 0 saturated heterocycles. The lowest BCUT2D eigenvalue weighted by Crippen LogP contribution is -2.31. The Morgan fingerprint density at radius 1 is 1.11 bits per heavy atom. The third-order valence-electron chi connectivity index (χ3n) is 5.87. The molecule has 2 heterocycles. The third kappa shape index (κ3) is 5.01. The number of carbonyl (C=O) groups excluding carboxylic acids is 2. The van der Waals surface area contributed by atoms with Crippen LogP contribution < -0.4 is 9.64 Å². The number of hydrogen-bond donors (Lipinski definition) is 2. The molecule has 0 fully saturated rings. The van der Waals surface area contributed by atoms with Crippen molar-refractivity contribution in [2.75, 3.05) is 18.1 Å². The molecule has 6 nitrogen and oxygen atoms in total. The van der Waals surface area contributed by atoms with Crippen LogP contribution in [0.25, 0.3) is 11.1 Å². The summed E-state index contributed by atoms with van der Waals surface area (Å²) in [5, 5.41) is 22.2. The molecule has 182 valence electrons. The molecule has 2 N–H and O–H groups in total. The third-order valence-corrected chi connectivity index (χ3v) is 6.74. The number of rotatable bonds is 9. The van der Waals surface area contributed by atoms with Crippen molar-refractivity contribution in [1.82, 2.24) is 0 Å². The van der Waals surface area contributed by atoms with Gasteiger partial charge in [-0.1, -0.05) is 44.2 Å². The lowest BCUT2D eigenvalue weighted by molar-refractivity contribution is -0.118. The zero-order valence-corrected chi connectivity index (χ0v) is 20.8. The molecule has 0 radical (unpaired) electrons. The maximum atomic E-state index is 13.4. The predicted molar refractivity (Wildman–Crippen MR) is 138 cm³/mol. The Bertz CT molecular complexity index is 1260. The number of nitrogens with zero attached hydrogens (tertiary/aromatic N) is 1. The van der Waals surface area contributed by atoms with Crippen LogP contribution in [0.4, 0.5) is 5.69 Å². The van der Waals surface area contributed by atoms with Gasteiger partial charge in [0.15, 0.2) is 11.5 Å². The second kappa shape index (κ2) is 10.5. The van der Waals surface area contributed by atoms with E-state index in [1.165, 1.54) is 9.78 Å². The minimum absolute atomic E-state index is 0.0573. The summed E-state index contributed by atoms with van der Waals surface area (Å²) >= 11 is 1.67. The molecule has 0 aliphatic carbocycles. The zero-order chi connectivity index (χ0) is 25.1. The predicted octanol–water partition coefficient (Wildman–Crippen LogP) is 5.61. The fraction of sp³-hybridized carbons (Fsp3) is 0.286. The number of aliphatic hydroxyl groups is 2. The highest BCUT2D eigenvalue weighted by molar-refractivity contribution is 7.10. The molecule has 1 aromatic heterocycles. The molecule has 1 aliphatic rings. The average Bonchev–Trinajstić information content (AvgIpc) is 3.38. The van der Waals surface area contributed by atoms with Crippen molar-refractivity contribution in [3.05, 3.63) is 81.8 Å². The van der Waals surface area contributed by atoms with Crippen LogP contribution in [0, 0.1) is 12.8 Å². The summed E-state index contributed by atoms with van der Waals surface area (Å²) in [4.78, 5) is 29.3. The number of benzene rings is 2. The zero-order valence-electron chi connectivity index (χ0n) is 20.0. The van der Waals surface area contributed by atoms with Crippen molar-refractivity contribution < 1.29 is 24.5 Å². The van der Waals surface area contributed by atoms with E-state index in [0.29, 0.717) is 17.0 Å². The second-order valence-electron chi connectivity index (χ2n) is 8.96. The van der Waals surface area contributed by atoms with Crippen molar-refractivity contribution in [3.63, 3.8) is 0 Å². The summed E-state index contributed by atoms with van der Waals surface area (Å²) < 4.78 is 5.74. The SMILES string of the molecule is Cc1cc(-c2ccc(N3C(=O)C(O)=C(C(=O)CC(C)C)C3c3ccccc3OCCO)cc2)cs1. The average molecular weight is 492 g/mol. The van der Waals surface area contributed by atoms with E-state index in [4.69, 9.17) is 4.74 Å². The topological polar surface area (TPSA) is 87.1 Å². The fourth-order valence-corrected chi connectivity index (χ4v) is 5.05. The van der Waals surface area contributed by atoms with Crippen LogP contribution in [0.15, 0.2) is 71.3 Å². The molecule has 0 bridgehead atoms. The smallest absolute Gasteiger partial charge is 0.294 e. The number of hydrogen-bond acceptors (Lipinski definition) is 6. The van der Waals surface area contributed by atoms with Crippen molar-refractivity contribution >= 4 is 28.7 Å². The Kier molecular flexibility index (Phi) is 7.38. The van der Waals surface area contributed by atoms with Crippen LogP contribution in [-0.2, 0) is 9.59 Å². The van der Waals surface area contributed by atoms with Gasteiger partial charge < -0.3 is 14.9 Å². The van der Waals surface area contributed by atoms with Gasteiger partial charge in [-0.2, -0.15) is 0 Å². The monoisotopic (exact) mass is 491 g/mol. The first-order valence-corrected chi connectivity index (χ1v) is 12.5. The highest BCUT2D eigenvalue weighted by Crippen LogP contribution is 2.44. The minimum atomic E-state index is -0.849. The van der Waals surface area contributed by atoms with Gasteiger partial charge in [-0.15, -0.1) is 11.3 Å². The molecule has 4 rings (SSSR count). The first kappa shape index (κ1) is 24.7. The van der Waals surface area contributed by atoms with E-state index >= 15 is 0 Å². The fourth-order valence-electron chi connectivity index (χ4n) is 4.33. The largest absolute Gasteiger partial charge is 0.503 e. The second-order valence-corrected chi connectivity index (χ2v) is 10.1. The summed E-state index contributed by atoms with van der Waals surface area (Å²) in [6.07, 6.45) is 0.202. The van der Waals surface area contributed by atoms with Gasteiger partial charge in [0, 0.05) is 22.5 Å².